The van der Waals surface area contributed by atoms with Crippen LogP contribution in [0.2, 0.25) is 0 Å². The molecule has 160 valence electrons. The van der Waals surface area contributed by atoms with Crippen LogP contribution in [0.15, 0.2) is 36.7 Å². The third-order valence-electron chi connectivity index (χ3n) is 5.53. The van der Waals surface area contributed by atoms with Crippen LogP contribution in [0.3, 0.4) is 0 Å². The summed E-state index contributed by atoms with van der Waals surface area (Å²) < 4.78 is 11.6. The quantitative estimate of drug-likeness (QED) is 0.793. The summed E-state index contributed by atoms with van der Waals surface area (Å²) in [4.78, 5) is 19.1. The molecule has 1 fully saturated rings. The molecule has 2 unspecified atom stereocenters. The lowest BCUT2D eigenvalue weighted by atomic mass is 9.96. The summed E-state index contributed by atoms with van der Waals surface area (Å²) in [7, 11) is 0. The van der Waals surface area contributed by atoms with Crippen molar-refractivity contribution in [3.8, 4) is 5.75 Å². The number of piperidine rings is 1. The van der Waals surface area contributed by atoms with Crippen LogP contribution in [0.5, 0.6) is 5.75 Å². The molecule has 7 nitrogen and oxygen atoms in total. The number of amides is 1. The number of ether oxygens (including phenoxy) is 2. The molecule has 2 N–H and O–H groups in total. The Labute approximate surface area is 177 Å². The van der Waals surface area contributed by atoms with E-state index < -0.39 is 0 Å². The first-order chi connectivity index (χ1) is 14.7. The molecule has 2 atom stereocenters. The van der Waals surface area contributed by atoms with Gasteiger partial charge in [-0.05, 0) is 56.1 Å². The van der Waals surface area contributed by atoms with Crippen LogP contribution >= 0.6 is 0 Å². The molecule has 0 spiro atoms. The largest absolute Gasteiger partial charge is 0.491 e. The van der Waals surface area contributed by atoms with E-state index in [1.54, 1.807) is 0 Å². The topological polar surface area (TPSA) is 75.7 Å². The lowest BCUT2D eigenvalue weighted by molar-refractivity contribution is -0.127. The number of nitrogens with one attached hydrogen (secondary N) is 2. The summed E-state index contributed by atoms with van der Waals surface area (Å²) in [5.41, 5.74) is 4.17. The first kappa shape index (κ1) is 20.6. The summed E-state index contributed by atoms with van der Waals surface area (Å²) in [5, 5.41) is 6.44. The van der Waals surface area contributed by atoms with Gasteiger partial charge in [-0.2, -0.15) is 0 Å². The van der Waals surface area contributed by atoms with Crippen LogP contribution in [0.4, 0.5) is 11.4 Å². The Bertz CT molecular complexity index is 873. The van der Waals surface area contributed by atoms with Crippen LogP contribution in [0, 0.1) is 12.8 Å². The zero-order valence-electron chi connectivity index (χ0n) is 17.5. The van der Waals surface area contributed by atoms with Crippen molar-refractivity contribution in [2.24, 2.45) is 5.92 Å². The smallest absolute Gasteiger partial charge is 0.224 e. The van der Waals surface area contributed by atoms with E-state index in [0.29, 0.717) is 26.4 Å². The highest BCUT2D eigenvalue weighted by Crippen LogP contribution is 2.28. The van der Waals surface area contributed by atoms with Crippen molar-refractivity contribution in [1.29, 1.82) is 0 Å². The predicted molar refractivity (Wildman–Crippen MR) is 116 cm³/mol. The van der Waals surface area contributed by atoms with Crippen molar-refractivity contribution in [3.05, 3.63) is 47.8 Å². The summed E-state index contributed by atoms with van der Waals surface area (Å²) >= 11 is 0. The average molecular weight is 411 g/mol. The molecule has 2 aliphatic heterocycles. The molecule has 7 heteroatoms. The number of aryl methyl sites for hydroxylation is 1. The molecule has 0 saturated carbocycles. The van der Waals surface area contributed by atoms with Crippen molar-refractivity contribution in [1.82, 2.24) is 15.2 Å². The van der Waals surface area contributed by atoms with Crippen molar-refractivity contribution in [2.75, 3.05) is 44.8 Å². The van der Waals surface area contributed by atoms with Crippen LogP contribution in [-0.4, -0.2) is 55.2 Å². The van der Waals surface area contributed by atoms with E-state index in [2.05, 4.69) is 32.7 Å². The van der Waals surface area contributed by atoms with Crippen molar-refractivity contribution >= 4 is 17.3 Å². The first-order valence-electron chi connectivity index (χ1n) is 10.7. The molecule has 3 heterocycles. The normalized spacial score (nSPS) is 22.8. The zero-order valence-corrected chi connectivity index (χ0v) is 17.5. The summed E-state index contributed by atoms with van der Waals surface area (Å²) in [5.74, 6) is 1.04. The van der Waals surface area contributed by atoms with Crippen LogP contribution < -0.4 is 15.4 Å². The molecule has 30 heavy (non-hydrogen) atoms. The lowest BCUT2D eigenvalue weighted by Crippen LogP contribution is -2.43. The maximum atomic E-state index is 12.5. The van der Waals surface area contributed by atoms with E-state index in [-0.39, 0.29) is 11.8 Å². The summed E-state index contributed by atoms with van der Waals surface area (Å²) in [6.07, 6.45) is 5.63. The van der Waals surface area contributed by atoms with E-state index in [1.165, 1.54) is 0 Å². The maximum absolute atomic E-state index is 12.5. The van der Waals surface area contributed by atoms with Crippen molar-refractivity contribution in [3.63, 3.8) is 0 Å². The van der Waals surface area contributed by atoms with Crippen molar-refractivity contribution in [2.45, 2.75) is 26.3 Å². The Hall–Kier alpha value is -2.64. The molecule has 2 aromatic rings. The highest BCUT2D eigenvalue weighted by Gasteiger charge is 2.26. The molecular weight excluding hydrogens is 380 g/mol. The Balaban J connectivity index is 1.55. The SMILES string of the molecule is Cc1cncc(Nc2ccc3c(c2)CN2CCCC(C2)C(=O)NCCOCCO3)c1. The first-order valence-corrected chi connectivity index (χ1v) is 10.7. The van der Waals surface area contributed by atoms with E-state index >= 15 is 0 Å². The Kier molecular flexibility index (Phi) is 6.81. The van der Waals surface area contributed by atoms with Crippen LogP contribution in [-0.2, 0) is 16.1 Å². The number of carbonyl (C=O) groups is 1. The third kappa shape index (κ3) is 5.49. The Morgan fingerprint density at radius 3 is 3.00 bits per heavy atom. The molecule has 0 aliphatic carbocycles. The third-order valence-corrected chi connectivity index (χ3v) is 5.53. The Morgan fingerprint density at radius 1 is 1.17 bits per heavy atom. The minimum absolute atomic E-state index is 0.0331. The second-order valence-corrected chi connectivity index (χ2v) is 8.02. The van der Waals surface area contributed by atoms with Gasteiger partial charge in [-0.1, -0.05) is 0 Å². The number of carbonyl (C=O) groups excluding carboxylic acids is 1. The van der Waals surface area contributed by atoms with E-state index in [0.717, 1.165) is 60.7 Å². The number of pyridine rings is 1. The van der Waals surface area contributed by atoms with Gasteiger partial charge in [-0.15, -0.1) is 0 Å². The number of aromatic nitrogens is 1. The standard InChI is InChI=1S/C23H30N4O3/c1-17-11-21(14-24-13-17)26-20-4-5-22-19(12-20)16-27-7-2-3-18(15-27)23(28)25-6-8-29-9-10-30-22/h4-5,11-14,18,26H,2-3,6-10,15-16H2,1H3,(H,25,28). The summed E-state index contributed by atoms with van der Waals surface area (Å²) in [6, 6.07) is 8.24. The van der Waals surface area contributed by atoms with Gasteiger partial charge in [0.2, 0.25) is 5.91 Å². The Morgan fingerprint density at radius 2 is 2.10 bits per heavy atom. The monoisotopic (exact) mass is 410 g/mol. The highest BCUT2D eigenvalue weighted by molar-refractivity contribution is 5.79. The molecule has 2 bridgehead atoms. The number of nitrogens with zero attached hydrogens (tertiary/aromatic N) is 2. The number of benzene rings is 1. The highest BCUT2D eigenvalue weighted by atomic mass is 16.5. The maximum Gasteiger partial charge on any atom is 0.224 e. The van der Waals surface area contributed by atoms with Crippen LogP contribution in [0.1, 0.15) is 24.0 Å². The molecule has 1 aromatic carbocycles. The summed E-state index contributed by atoms with van der Waals surface area (Å²) in [6.45, 7) is 6.58. The van der Waals surface area contributed by atoms with Crippen LogP contribution in [0.25, 0.3) is 0 Å². The lowest BCUT2D eigenvalue weighted by Gasteiger charge is -2.32. The number of hydrogen-bond donors (Lipinski definition) is 2. The fraction of sp³-hybridized carbons (Fsp3) is 0.478. The molecule has 1 aromatic heterocycles. The second-order valence-electron chi connectivity index (χ2n) is 8.02. The molecule has 0 radical (unpaired) electrons. The number of hydrogen-bond acceptors (Lipinski definition) is 6. The number of rotatable bonds is 2. The van der Waals surface area contributed by atoms with Gasteiger partial charge in [0.1, 0.15) is 12.4 Å². The number of fused-ring (bicyclic) bond motifs is 3. The fourth-order valence-electron chi connectivity index (χ4n) is 4.07. The minimum atomic E-state index is 0.0331. The van der Waals surface area contributed by atoms with Gasteiger partial charge < -0.3 is 20.1 Å². The molecule has 1 amide bonds. The van der Waals surface area contributed by atoms with E-state index in [4.69, 9.17) is 9.47 Å². The number of anilines is 2. The molecule has 4 rings (SSSR count). The van der Waals surface area contributed by atoms with Gasteiger partial charge in [-0.3, -0.25) is 14.7 Å². The van der Waals surface area contributed by atoms with E-state index in [1.807, 2.05) is 31.5 Å². The second kappa shape index (κ2) is 9.91. The zero-order chi connectivity index (χ0) is 20.8. The fourth-order valence-corrected chi connectivity index (χ4v) is 4.07. The van der Waals surface area contributed by atoms with Gasteiger partial charge in [0, 0.05) is 37.1 Å². The molecular formula is C23H30N4O3. The van der Waals surface area contributed by atoms with Gasteiger partial charge in [-0.25, -0.2) is 0 Å². The average Bonchev–Trinajstić information content (AvgIpc) is 2.74. The van der Waals surface area contributed by atoms with Gasteiger partial charge in [0.15, 0.2) is 0 Å². The van der Waals surface area contributed by atoms with Crippen molar-refractivity contribution < 1.29 is 14.3 Å². The van der Waals surface area contributed by atoms with Gasteiger partial charge in [0.05, 0.1) is 31.0 Å². The molecule has 2 aliphatic rings. The predicted octanol–water partition coefficient (Wildman–Crippen LogP) is 2.87. The molecule has 1 saturated heterocycles. The van der Waals surface area contributed by atoms with Gasteiger partial charge in [0.25, 0.3) is 0 Å². The van der Waals surface area contributed by atoms with E-state index in [9.17, 15) is 4.79 Å². The minimum Gasteiger partial charge on any atom is -0.491 e. The van der Waals surface area contributed by atoms with Gasteiger partial charge >= 0.3 is 0 Å².